The van der Waals surface area contributed by atoms with Gasteiger partial charge < -0.3 is 19.9 Å². The highest BCUT2D eigenvalue weighted by molar-refractivity contribution is 7.12. The van der Waals surface area contributed by atoms with Crippen LogP contribution in [0.5, 0.6) is 11.5 Å². The summed E-state index contributed by atoms with van der Waals surface area (Å²) in [6.45, 7) is 0.405. The molecule has 122 valence electrons. The Bertz CT molecular complexity index is 710. The van der Waals surface area contributed by atoms with E-state index in [0.717, 1.165) is 5.56 Å². The van der Waals surface area contributed by atoms with Gasteiger partial charge in [-0.2, -0.15) is 0 Å². The van der Waals surface area contributed by atoms with Crippen LogP contribution in [0, 0.1) is 0 Å². The molecule has 0 saturated carbocycles. The molecule has 2 rings (SSSR count). The molecule has 1 amide bonds. The van der Waals surface area contributed by atoms with Crippen molar-refractivity contribution in [2.45, 2.75) is 6.42 Å². The van der Waals surface area contributed by atoms with Gasteiger partial charge in [0.1, 0.15) is 16.4 Å². The Hall–Kier alpha value is -2.54. The van der Waals surface area contributed by atoms with E-state index in [1.807, 2.05) is 0 Å². The minimum atomic E-state index is -1.01. The van der Waals surface area contributed by atoms with Crippen LogP contribution in [0.1, 0.15) is 25.6 Å². The molecule has 1 aromatic carbocycles. The SMILES string of the molecule is COc1cc(C(=O)O)ccc1CCNC(=O)c1sccc1OC. The first-order valence-corrected chi connectivity index (χ1v) is 7.74. The number of hydrogen-bond donors (Lipinski definition) is 2. The van der Waals surface area contributed by atoms with Crippen molar-refractivity contribution in [3.8, 4) is 11.5 Å². The zero-order chi connectivity index (χ0) is 16.8. The van der Waals surface area contributed by atoms with Crippen LogP contribution >= 0.6 is 11.3 Å². The van der Waals surface area contributed by atoms with Gasteiger partial charge in [0.05, 0.1) is 19.8 Å². The fourth-order valence-corrected chi connectivity index (χ4v) is 2.87. The second-order valence-corrected chi connectivity index (χ2v) is 5.57. The third-order valence-electron chi connectivity index (χ3n) is 3.27. The van der Waals surface area contributed by atoms with Crippen LogP contribution in [-0.2, 0) is 6.42 Å². The monoisotopic (exact) mass is 335 g/mol. The lowest BCUT2D eigenvalue weighted by Gasteiger charge is -2.10. The van der Waals surface area contributed by atoms with Crippen LogP contribution in [0.2, 0.25) is 0 Å². The number of rotatable bonds is 7. The second kappa shape index (κ2) is 7.64. The molecule has 2 aromatic rings. The quantitative estimate of drug-likeness (QED) is 0.812. The fourth-order valence-electron chi connectivity index (χ4n) is 2.10. The van der Waals surface area contributed by atoms with E-state index < -0.39 is 5.97 Å². The third-order valence-corrected chi connectivity index (χ3v) is 4.16. The first-order valence-electron chi connectivity index (χ1n) is 6.86. The molecular weight excluding hydrogens is 318 g/mol. The summed E-state index contributed by atoms with van der Waals surface area (Å²) < 4.78 is 10.3. The molecular formula is C16H17NO5S. The molecule has 0 spiro atoms. The largest absolute Gasteiger partial charge is 0.496 e. The van der Waals surface area contributed by atoms with Crippen LogP contribution in [0.15, 0.2) is 29.6 Å². The van der Waals surface area contributed by atoms with Crippen molar-refractivity contribution in [2.75, 3.05) is 20.8 Å². The Morgan fingerprint density at radius 2 is 1.91 bits per heavy atom. The highest BCUT2D eigenvalue weighted by atomic mass is 32.1. The minimum absolute atomic E-state index is 0.165. The van der Waals surface area contributed by atoms with Crippen molar-refractivity contribution in [1.82, 2.24) is 5.32 Å². The van der Waals surface area contributed by atoms with Crippen LogP contribution in [0.25, 0.3) is 0 Å². The number of carboxylic acid groups (broad SMARTS) is 1. The van der Waals surface area contributed by atoms with E-state index in [1.165, 1.54) is 37.7 Å². The van der Waals surface area contributed by atoms with Gasteiger partial charge in [-0.15, -0.1) is 11.3 Å². The zero-order valence-electron chi connectivity index (χ0n) is 12.8. The van der Waals surface area contributed by atoms with E-state index in [-0.39, 0.29) is 11.5 Å². The maximum absolute atomic E-state index is 12.1. The van der Waals surface area contributed by atoms with Crippen molar-refractivity contribution in [3.63, 3.8) is 0 Å². The molecule has 0 aliphatic rings. The van der Waals surface area contributed by atoms with Crippen LogP contribution < -0.4 is 14.8 Å². The van der Waals surface area contributed by atoms with Gasteiger partial charge in [0.15, 0.2) is 0 Å². The Morgan fingerprint density at radius 3 is 2.57 bits per heavy atom. The van der Waals surface area contributed by atoms with Crippen molar-refractivity contribution < 1.29 is 24.2 Å². The number of carboxylic acids is 1. The molecule has 0 fully saturated rings. The normalized spacial score (nSPS) is 10.2. The molecule has 0 bridgehead atoms. The molecule has 1 heterocycles. The Kier molecular flexibility index (Phi) is 5.59. The molecule has 0 atom stereocenters. The van der Waals surface area contributed by atoms with E-state index in [1.54, 1.807) is 17.5 Å². The van der Waals surface area contributed by atoms with Crippen molar-refractivity contribution in [1.29, 1.82) is 0 Å². The molecule has 0 saturated heterocycles. The number of carbonyl (C=O) groups is 2. The standard InChI is InChI=1S/C16H17NO5S/c1-21-12-6-8-23-14(12)15(18)17-7-5-10-3-4-11(16(19)20)9-13(10)22-2/h3-4,6,8-9H,5,7H2,1-2H3,(H,17,18)(H,19,20). The summed E-state index contributed by atoms with van der Waals surface area (Å²) in [7, 11) is 3.01. The minimum Gasteiger partial charge on any atom is -0.496 e. The number of benzene rings is 1. The first kappa shape index (κ1) is 16.8. The number of ether oxygens (including phenoxy) is 2. The average Bonchev–Trinajstić information content (AvgIpc) is 3.03. The molecule has 6 nitrogen and oxygen atoms in total. The topological polar surface area (TPSA) is 84.9 Å². The Morgan fingerprint density at radius 1 is 1.17 bits per heavy atom. The van der Waals surface area contributed by atoms with Crippen molar-refractivity contribution >= 4 is 23.2 Å². The van der Waals surface area contributed by atoms with Crippen molar-refractivity contribution in [3.05, 3.63) is 45.6 Å². The van der Waals surface area contributed by atoms with Gasteiger partial charge in [0.25, 0.3) is 5.91 Å². The zero-order valence-corrected chi connectivity index (χ0v) is 13.6. The van der Waals surface area contributed by atoms with Gasteiger partial charge >= 0.3 is 5.97 Å². The fraction of sp³-hybridized carbons (Fsp3) is 0.250. The Balaban J connectivity index is 1.98. The van der Waals surface area contributed by atoms with Crippen LogP contribution in [0.3, 0.4) is 0 Å². The molecule has 2 N–H and O–H groups in total. The number of hydrogen-bond acceptors (Lipinski definition) is 5. The summed E-state index contributed by atoms with van der Waals surface area (Å²) in [4.78, 5) is 23.6. The number of nitrogens with one attached hydrogen (secondary N) is 1. The predicted molar refractivity (Wildman–Crippen MR) is 86.9 cm³/mol. The average molecular weight is 335 g/mol. The van der Waals surface area contributed by atoms with Gasteiger partial charge in [0.2, 0.25) is 0 Å². The molecule has 0 radical (unpaired) electrons. The summed E-state index contributed by atoms with van der Waals surface area (Å²) >= 11 is 1.31. The summed E-state index contributed by atoms with van der Waals surface area (Å²) in [6.07, 6.45) is 0.530. The summed E-state index contributed by atoms with van der Waals surface area (Å²) in [5.41, 5.74) is 0.994. The van der Waals surface area contributed by atoms with Gasteiger partial charge in [-0.3, -0.25) is 4.79 Å². The predicted octanol–water partition coefficient (Wildman–Crippen LogP) is 2.44. The molecule has 0 unspecified atom stereocenters. The smallest absolute Gasteiger partial charge is 0.335 e. The molecule has 7 heteroatoms. The van der Waals surface area contributed by atoms with Crippen molar-refractivity contribution in [2.24, 2.45) is 0 Å². The molecule has 0 aliphatic heterocycles. The molecule has 0 aliphatic carbocycles. The van der Waals surface area contributed by atoms with Gasteiger partial charge in [-0.1, -0.05) is 6.07 Å². The van der Waals surface area contributed by atoms with Crippen LogP contribution in [-0.4, -0.2) is 37.7 Å². The third kappa shape index (κ3) is 4.01. The number of amides is 1. The highest BCUT2D eigenvalue weighted by Gasteiger charge is 2.14. The molecule has 1 aromatic heterocycles. The summed E-state index contributed by atoms with van der Waals surface area (Å²) in [6, 6.07) is 6.43. The van der Waals surface area contributed by atoms with Gasteiger partial charge in [-0.05, 0) is 35.6 Å². The number of carbonyl (C=O) groups excluding carboxylic acids is 1. The lowest BCUT2D eigenvalue weighted by molar-refractivity contribution is 0.0696. The van der Waals surface area contributed by atoms with E-state index >= 15 is 0 Å². The van der Waals surface area contributed by atoms with Gasteiger partial charge in [0, 0.05) is 6.54 Å². The molecule has 23 heavy (non-hydrogen) atoms. The lowest BCUT2D eigenvalue weighted by Crippen LogP contribution is -2.25. The van der Waals surface area contributed by atoms with E-state index in [9.17, 15) is 9.59 Å². The number of thiophene rings is 1. The summed E-state index contributed by atoms with van der Waals surface area (Å²) in [5, 5.41) is 13.6. The first-order chi connectivity index (χ1) is 11.1. The second-order valence-electron chi connectivity index (χ2n) is 4.66. The maximum Gasteiger partial charge on any atom is 0.335 e. The summed E-state index contributed by atoms with van der Waals surface area (Å²) in [5.74, 6) is -0.158. The Labute approximate surface area is 137 Å². The maximum atomic E-state index is 12.1. The van der Waals surface area contributed by atoms with Gasteiger partial charge in [-0.25, -0.2) is 4.79 Å². The van der Waals surface area contributed by atoms with E-state index in [2.05, 4.69) is 5.32 Å². The van der Waals surface area contributed by atoms with E-state index in [0.29, 0.717) is 29.3 Å². The lowest BCUT2D eigenvalue weighted by atomic mass is 10.1. The highest BCUT2D eigenvalue weighted by Crippen LogP contribution is 2.24. The van der Waals surface area contributed by atoms with E-state index in [4.69, 9.17) is 14.6 Å². The number of methoxy groups -OCH3 is 2. The van der Waals surface area contributed by atoms with Crippen LogP contribution in [0.4, 0.5) is 0 Å². The number of aromatic carboxylic acids is 1.